The Balaban J connectivity index is 1.39. The summed E-state index contributed by atoms with van der Waals surface area (Å²) < 4.78 is 18.7. The maximum atomic E-state index is 13.2. The fourth-order valence-corrected chi connectivity index (χ4v) is 4.14. The molecular weight excluding hydrogens is 407 g/mol. The fourth-order valence-electron chi connectivity index (χ4n) is 4.14. The van der Waals surface area contributed by atoms with Crippen LogP contribution in [0.1, 0.15) is 44.1 Å². The van der Waals surface area contributed by atoms with Crippen molar-refractivity contribution in [1.82, 2.24) is 19.9 Å². The van der Waals surface area contributed by atoms with E-state index in [2.05, 4.69) is 28.9 Å². The molecular formula is C25H29FN4O2. The van der Waals surface area contributed by atoms with Crippen LogP contribution in [0.2, 0.25) is 0 Å². The van der Waals surface area contributed by atoms with E-state index in [1.807, 2.05) is 35.2 Å². The van der Waals surface area contributed by atoms with E-state index in [-0.39, 0.29) is 23.7 Å². The number of nitrogens with zero attached hydrogens (tertiary/aromatic N) is 4. The van der Waals surface area contributed by atoms with E-state index in [0.29, 0.717) is 31.3 Å². The van der Waals surface area contributed by atoms with Crippen LogP contribution in [0.15, 0.2) is 59.1 Å². The Bertz CT molecular complexity index is 1020. The average molecular weight is 437 g/mol. The largest absolute Gasteiger partial charge is 0.339 e. The number of halogens is 1. The maximum Gasteiger partial charge on any atom is 0.237 e. The Hall–Kier alpha value is -3.06. The summed E-state index contributed by atoms with van der Waals surface area (Å²) in [5.74, 6) is 0.947. The molecule has 1 unspecified atom stereocenters. The van der Waals surface area contributed by atoms with Gasteiger partial charge in [0.15, 0.2) is 0 Å². The van der Waals surface area contributed by atoms with Crippen molar-refractivity contribution in [2.24, 2.45) is 0 Å². The summed E-state index contributed by atoms with van der Waals surface area (Å²) in [5.41, 5.74) is 1.85. The molecule has 1 aliphatic rings. The Kier molecular flexibility index (Phi) is 6.95. The molecule has 0 radical (unpaired) electrons. The Morgan fingerprint density at radius 3 is 2.66 bits per heavy atom. The molecule has 1 saturated heterocycles. The van der Waals surface area contributed by atoms with Crippen LogP contribution in [0.4, 0.5) is 4.39 Å². The number of amides is 1. The zero-order valence-electron chi connectivity index (χ0n) is 18.6. The number of benzene rings is 2. The van der Waals surface area contributed by atoms with Crippen molar-refractivity contribution < 1.29 is 13.7 Å². The molecule has 32 heavy (non-hydrogen) atoms. The molecule has 0 saturated carbocycles. The smallest absolute Gasteiger partial charge is 0.237 e. The van der Waals surface area contributed by atoms with Gasteiger partial charge in [-0.15, -0.1) is 0 Å². The Morgan fingerprint density at radius 1 is 1.19 bits per heavy atom. The van der Waals surface area contributed by atoms with Crippen LogP contribution in [-0.2, 0) is 11.3 Å². The number of likely N-dealkylation sites (tertiary alicyclic amines) is 1. The molecule has 7 heteroatoms. The minimum atomic E-state index is -0.298. The van der Waals surface area contributed by atoms with Gasteiger partial charge < -0.3 is 9.42 Å². The van der Waals surface area contributed by atoms with Gasteiger partial charge in [-0.1, -0.05) is 35.5 Å². The van der Waals surface area contributed by atoms with Gasteiger partial charge in [0.1, 0.15) is 5.82 Å². The molecule has 6 nitrogen and oxygen atoms in total. The van der Waals surface area contributed by atoms with Gasteiger partial charge in [-0.2, -0.15) is 4.98 Å². The van der Waals surface area contributed by atoms with Crippen LogP contribution in [0.5, 0.6) is 0 Å². The number of carbonyl (C=O) groups is 1. The van der Waals surface area contributed by atoms with Crippen LogP contribution < -0.4 is 0 Å². The summed E-state index contributed by atoms with van der Waals surface area (Å²) in [6.07, 6.45) is 1.90. The van der Waals surface area contributed by atoms with E-state index < -0.39 is 0 Å². The highest BCUT2D eigenvalue weighted by atomic mass is 19.1. The van der Waals surface area contributed by atoms with Gasteiger partial charge in [0.2, 0.25) is 17.6 Å². The molecule has 0 spiro atoms. The maximum absolute atomic E-state index is 13.2. The number of rotatable bonds is 7. The van der Waals surface area contributed by atoms with Gasteiger partial charge in [0.05, 0.1) is 12.5 Å². The minimum Gasteiger partial charge on any atom is -0.339 e. The summed E-state index contributed by atoms with van der Waals surface area (Å²) >= 11 is 0. The van der Waals surface area contributed by atoms with Crippen LogP contribution in [0.3, 0.4) is 0 Å². The third kappa shape index (κ3) is 5.40. The number of piperidine rings is 1. The van der Waals surface area contributed by atoms with Crippen LogP contribution in [-0.4, -0.2) is 51.5 Å². The zero-order valence-corrected chi connectivity index (χ0v) is 18.6. The topological polar surface area (TPSA) is 62.5 Å². The first-order valence-corrected chi connectivity index (χ1v) is 11.1. The SMILES string of the molecule is CC(C)N(Cc1ccccc1)C(=O)CN1CCCC(c2nc(-c3ccc(F)cc3)no2)C1. The van der Waals surface area contributed by atoms with Gasteiger partial charge in [0, 0.05) is 24.7 Å². The summed E-state index contributed by atoms with van der Waals surface area (Å²) in [7, 11) is 0. The molecule has 0 bridgehead atoms. The standard InChI is InChI=1S/C25H29FN4O2/c1-18(2)30(15-19-7-4-3-5-8-19)23(31)17-29-14-6-9-21(16-29)25-27-24(28-32-25)20-10-12-22(26)13-11-20/h3-5,7-8,10-13,18,21H,6,9,14-17H2,1-2H3. The first kappa shape index (κ1) is 22.1. The van der Waals surface area contributed by atoms with Crippen molar-refractivity contribution in [3.8, 4) is 11.4 Å². The number of aromatic nitrogens is 2. The second-order valence-electron chi connectivity index (χ2n) is 8.64. The minimum absolute atomic E-state index is 0.0832. The lowest BCUT2D eigenvalue weighted by Crippen LogP contribution is -2.45. The predicted molar refractivity (Wildman–Crippen MR) is 120 cm³/mol. The van der Waals surface area contributed by atoms with Crippen LogP contribution in [0, 0.1) is 5.82 Å². The second kappa shape index (κ2) is 10.0. The highest BCUT2D eigenvalue weighted by molar-refractivity contribution is 5.78. The number of hydrogen-bond acceptors (Lipinski definition) is 5. The normalized spacial score (nSPS) is 16.9. The third-order valence-corrected chi connectivity index (χ3v) is 5.90. The van der Waals surface area contributed by atoms with Gasteiger partial charge in [-0.05, 0) is 63.1 Å². The fraction of sp³-hybridized carbons (Fsp3) is 0.400. The number of carbonyl (C=O) groups excluding carboxylic acids is 1. The molecule has 168 valence electrons. The van der Waals surface area contributed by atoms with E-state index in [9.17, 15) is 9.18 Å². The second-order valence-corrected chi connectivity index (χ2v) is 8.64. The Labute approximate surface area is 188 Å². The highest BCUT2D eigenvalue weighted by Crippen LogP contribution is 2.27. The van der Waals surface area contributed by atoms with Crippen LogP contribution >= 0.6 is 0 Å². The lowest BCUT2D eigenvalue weighted by molar-refractivity contribution is -0.135. The molecule has 1 fully saturated rings. The van der Waals surface area contributed by atoms with Crippen LogP contribution in [0.25, 0.3) is 11.4 Å². The molecule has 2 heterocycles. The summed E-state index contributed by atoms with van der Waals surface area (Å²) in [6, 6.07) is 16.3. The van der Waals surface area contributed by atoms with Crippen molar-refractivity contribution >= 4 is 5.91 Å². The van der Waals surface area contributed by atoms with Gasteiger partial charge in [0.25, 0.3) is 0 Å². The first-order chi connectivity index (χ1) is 15.5. The zero-order chi connectivity index (χ0) is 22.5. The molecule has 2 aromatic carbocycles. The molecule has 4 rings (SSSR count). The summed E-state index contributed by atoms with van der Waals surface area (Å²) in [5, 5.41) is 4.07. The molecule has 3 aromatic rings. The van der Waals surface area contributed by atoms with Gasteiger partial charge in [-0.3, -0.25) is 9.69 Å². The molecule has 1 amide bonds. The quantitative estimate of drug-likeness (QED) is 0.546. The highest BCUT2D eigenvalue weighted by Gasteiger charge is 2.29. The summed E-state index contributed by atoms with van der Waals surface area (Å²) in [6.45, 7) is 6.66. The van der Waals surface area contributed by atoms with E-state index in [0.717, 1.165) is 30.5 Å². The van der Waals surface area contributed by atoms with Crippen molar-refractivity contribution in [2.75, 3.05) is 19.6 Å². The molecule has 1 aliphatic heterocycles. The van der Waals surface area contributed by atoms with E-state index in [4.69, 9.17) is 4.52 Å². The van der Waals surface area contributed by atoms with E-state index in [1.165, 1.54) is 12.1 Å². The van der Waals surface area contributed by atoms with Gasteiger partial charge >= 0.3 is 0 Å². The first-order valence-electron chi connectivity index (χ1n) is 11.1. The van der Waals surface area contributed by atoms with Crippen molar-refractivity contribution in [1.29, 1.82) is 0 Å². The summed E-state index contributed by atoms with van der Waals surface area (Å²) in [4.78, 5) is 21.8. The van der Waals surface area contributed by atoms with Gasteiger partial charge in [-0.25, -0.2) is 4.39 Å². The molecule has 0 aliphatic carbocycles. The number of hydrogen-bond donors (Lipinski definition) is 0. The lowest BCUT2D eigenvalue weighted by atomic mass is 9.98. The lowest BCUT2D eigenvalue weighted by Gasteiger charge is -2.34. The monoisotopic (exact) mass is 436 g/mol. The molecule has 1 aromatic heterocycles. The Morgan fingerprint density at radius 2 is 1.94 bits per heavy atom. The average Bonchev–Trinajstić information content (AvgIpc) is 3.29. The van der Waals surface area contributed by atoms with E-state index >= 15 is 0 Å². The van der Waals surface area contributed by atoms with Crippen molar-refractivity contribution in [2.45, 2.75) is 45.2 Å². The molecule has 0 N–H and O–H groups in total. The third-order valence-electron chi connectivity index (χ3n) is 5.90. The van der Waals surface area contributed by atoms with Crippen molar-refractivity contribution in [3.63, 3.8) is 0 Å². The van der Waals surface area contributed by atoms with E-state index in [1.54, 1.807) is 12.1 Å². The predicted octanol–water partition coefficient (Wildman–Crippen LogP) is 4.49. The van der Waals surface area contributed by atoms with Crippen molar-refractivity contribution in [3.05, 3.63) is 71.9 Å². The molecule has 1 atom stereocenters.